The molecule has 17 nitrogen and oxygen atoms in total. The molecule has 86 heavy (non-hydrogen) atoms. The number of nitrogens with zero attached hydrogens (tertiary/aromatic N) is 9. The molecular weight excluding hydrogens is 1530 g/mol. The van der Waals surface area contributed by atoms with Gasteiger partial charge in [0.1, 0.15) is 11.4 Å². The SMILES string of the molecule is CC1C(C)C(C)C(C)C1C.CC1C(C)C(C)C(C)C1C.CC1C(C)C(C)C(C)C1C.O.O.O.O=c1cc(-n2cccn2)nc(O)[nH]1.[CH3-].[CH3-].[CH3-].[Ir].[Ir].[Rh].c1ccc(-c2cc(-c3ccccn3)[nH]n2)nc1.c1ccc(-c2cc(-c3ccccn3)[nH]n2)nc1. The summed E-state index contributed by atoms with van der Waals surface area (Å²) in [6.07, 6.45) is 10.2. The molecule has 8 aromatic heterocycles. The summed E-state index contributed by atoms with van der Waals surface area (Å²) < 4.78 is 1.38. The molecule has 0 saturated heterocycles. The van der Waals surface area contributed by atoms with Crippen molar-refractivity contribution < 1.29 is 81.2 Å². The Morgan fingerprint density at radius 1 is 0.395 bits per heavy atom. The number of aromatic hydroxyl groups is 1. The van der Waals surface area contributed by atoms with Crippen LogP contribution in [0.5, 0.6) is 6.01 Å². The van der Waals surface area contributed by atoms with Crippen molar-refractivity contribution in [2.24, 2.45) is 88.8 Å². The van der Waals surface area contributed by atoms with E-state index in [1.807, 2.05) is 84.9 Å². The third kappa shape index (κ3) is 23.0. The molecule has 0 spiro atoms. The predicted molar refractivity (Wildman–Crippen MR) is 341 cm³/mol. The molecule has 3 aliphatic carbocycles. The van der Waals surface area contributed by atoms with Gasteiger partial charge in [-0.25, -0.2) is 4.68 Å². The van der Waals surface area contributed by atoms with E-state index in [1.165, 1.54) is 10.7 Å². The van der Waals surface area contributed by atoms with Crippen LogP contribution in [0.4, 0.5) is 0 Å². The van der Waals surface area contributed by atoms with Crippen molar-refractivity contribution in [3.8, 4) is 57.4 Å². The zero-order valence-electron chi connectivity index (χ0n) is 53.7. The number of H-pyrrole nitrogens is 3. The van der Waals surface area contributed by atoms with Crippen molar-refractivity contribution in [3.05, 3.63) is 167 Å². The van der Waals surface area contributed by atoms with E-state index in [-0.39, 0.29) is 104 Å². The van der Waals surface area contributed by atoms with Gasteiger partial charge in [-0.1, -0.05) is 128 Å². The van der Waals surface area contributed by atoms with Crippen LogP contribution in [0.1, 0.15) is 104 Å². The van der Waals surface area contributed by atoms with Crippen LogP contribution in [-0.4, -0.2) is 81.6 Å². The molecule has 10 N–H and O–H groups in total. The smallest absolute Gasteiger partial charge is 0.295 e. The Morgan fingerprint density at radius 3 is 0.907 bits per heavy atom. The zero-order chi connectivity index (χ0) is 55.9. The Balaban J connectivity index is -0.000000466. The van der Waals surface area contributed by atoms with Crippen molar-refractivity contribution in [1.29, 1.82) is 0 Å². The number of hydrogen-bond acceptors (Lipinski definition) is 10. The fraction of sp³-hybridized carbons (Fsp3) is 0.455. The Labute approximate surface area is 554 Å². The molecule has 0 aliphatic heterocycles. The minimum atomic E-state index is -0.419. The minimum Gasteiger partial charge on any atom is -0.480 e. The Hall–Kier alpha value is -5.29. The first-order valence-corrected chi connectivity index (χ1v) is 27.9. The maximum Gasteiger partial charge on any atom is 0.295 e. The summed E-state index contributed by atoms with van der Waals surface area (Å²) in [7, 11) is 0. The van der Waals surface area contributed by atoms with Gasteiger partial charge in [0.05, 0.1) is 34.2 Å². The molecule has 8 aromatic rings. The molecule has 0 atom stereocenters. The molecular formula is C66H101Ir2N12O5Rh-3. The van der Waals surface area contributed by atoms with Gasteiger partial charge >= 0.3 is 0 Å². The summed E-state index contributed by atoms with van der Waals surface area (Å²) in [5.74, 6) is 14.3. The molecule has 0 bridgehead atoms. The van der Waals surface area contributed by atoms with Gasteiger partial charge < -0.3 is 43.8 Å². The number of aromatic nitrogens is 12. The second-order valence-corrected chi connectivity index (χ2v) is 22.5. The van der Waals surface area contributed by atoms with Gasteiger partial charge in [-0.3, -0.25) is 39.9 Å². The maximum atomic E-state index is 10.9. The van der Waals surface area contributed by atoms with Crippen LogP contribution >= 0.6 is 0 Å². The van der Waals surface area contributed by atoms with Crippen LogP contribution in [0, 0.1) is 111 Å². The second kappa shape index (κ2) is 41.8. The summed E-state index contributed by atoms with van der Waals surface area (Å²) >= 11 is 0. The zero-order valence-corrected chi connectivity index (χ0v) is 60.2. The van der Waals surface area contributed by atoms with Crippen LogP contribution in [0.2, 0.25) is 0 Å². The van der Waals surface area contributed by atoms with Crippen LogP contribution in [-0.2, 0) is 59.7 Å². The first kappa shape index (κ1) is 87.1. The molecule has 8 heterocycles. The average molecular weight is 1630 g/mol. The summed E-state index contributed by atoms with van der Waals surface area (Å²) in [5, 5.41) is 27.3. The largest absolute Gasteiger partial charge is 0.480 e. The fourth-order valence-corrected chi connectivity index (χ4v) is 11.4. The average Bonchev–Trinajstić information content (AvgIpc) is 4.52. The molecule has 0 amide bonds. The van der Waals surface area contributed by atoms with E-state index in [4.69, 9.17) is 5.11 Å². The van der Waals surface area contributed by atoms with E-state index in [9.17, 15) is 4.79 Å². The predicted octanol–water partition coefficient (Wildman–Crippen LogP) is 13.1. The monoisotopic (exact) mass is 1630 g/mol. The molecule has 3 aliphatic rings. The van der Waals surface area contributed by atoms with Gasteiger partial charge in [0, 0.05) is 103 Å². The van der Waals surface area contributed by atoms with Crippen molar-refractivity contribution in [2.75, 3.05) is 0 Å². The summed E-state index contributed by atoms with van der Waals surface area (Å²) in [6.45, 7) is 36.0. The van der Waals surface area contributed by atoms with E-state index in [2.05, 4.69) is 159 Å². The molecule has 485 valence electrons. The molecule has 20 heteroatoms. The first-order chi connectivity index (χ1) is 36.8. The minimum absolute atomic E-state index is 0. The third-order valence-corrected chi connectivity index (χ3v) is 18.8. The first-order valence-electron chi connectivity index (χ1n) is 27.9. The molecule has 3 saturated carbocycles. The Kier molecular flexibility index (Phi) is 42.3. The topological polar surface area (TPSA) is 287 Å². The van der Waals surface area contributed by atoms with Crippen LogP contribution in [0.25, 0.3) is 51.4 Å². The van der Waals surface area contributed by atoms with Crippen molar-refractivity contribution in [1.82, 2.24) is 60.1 Å². The van der Waals surface area contributed by atoms with Crippen molar-refractivity contribution in [2.45, 2.75) is 104 Å². The van der Waals surface area contributed by atoms with E-state index in [1.54, 1.807) is 43.2 Å². The van der Waals surface area contributed by atoms with Crippen molar-refractivity contribution >= 4 is 0 Å². The van der Waals surface area contributed by atoms with Gasteiger partial charge in [-0.05, 0) is 155 Å². The number of hydrogen-bond donors (Lipinski definition) is 4. The number of pyridine rings is 4. The van der Waals surface area contributed by atoms with E-state index >= 15 is 0 Å². The summed E-state index contributed by atoms with van der Waals surface area (Å²) in [5.41, 5.74) is 6.48. The van der Waals surface area contributed by atoms with Gasteiger partial charge in [0.15, 0.2) is 5.82 Å². The van der Waals surface area contributed by atoms with Crippen LogP contribution < -0.4 is 5.56 Å². The number of aromatic amines is 3. The molecule has 3 radical (unpaired) electrons. The van der Waals surface area contributed by atoms with Gasteiger partial charge in [-0.2, -0.15) is 20.3 Å². The summed E-state index contributed by atoms with van der Waals surface area (Å²) in [6, 6.07) is 29.5. The molecule has 0 aromatic carbocycles. The number of nitrogens with one attached hydrogen (secondary N) is 3. The normalized spacial score (nSPS) is 25.0. The second-order valence-electron chi connectivity index (χ2n) is 22.5. The van der Waals surface area contributed by atoms with Gasteiger partial charge in [0.2, 0.25) is 0 Å². The molecule has 3 fully saturated rings. The van der Waals surface area contributed by atoms with E-state index in [0.717, 1.165) is 134 Å². The van der Waals surface area contributed by atoms with Crippen LogP contribution in [0.3, 0.4) is 0 Å². The van der Waals surface area contributed by atoms with Gasteiger partial charge in [-0.15, -0.1) is 0 Å². The van der Waals surface area contributed by atoms with Crippen molar-refractivity contribution in [3.63, 3.8) is 0 Å². The summed E-state index contributed by atoms with van der Waals surface area (Å²) in [4.78, 5) is 33.7. The Morgan fingerprint density at radius 2 is 0.674 bits per heavy atom. The third-order valence-electron chi connectivity index (χ3n) is 18.8. The van der Waals surface area contributed by atoms with Crippen LogP contribution in [0.15, 0.2) is 139 Å². The van der Waals surface area contributed by atoms with Gasteiger partial charge in [0.25, 0.3) is 11.6 Å². The van der Waals surface area contributed by atoms with E-state index < -0.39 is 11.6 Å². The number of rotatable bonds is 5. The fourth-order valence-electron chi connectivity index (χ4n) is 11.4. The maximum absolute atomic E-state index is 10.9. The molecule has 0 unspecified atom stereocenters. The Bertz CT molecular complexity index is 2590. The van der Waals surface area contributed by atoms with E-state index in [0.29, 0.717) is 0 Å². The molecule has 11 rings (SSSR count). The standard InChI is InChI=1S/2C13H10N4.3C10H20.C7H6N4O2.3CH3.2Ir.3H2O.Rh/c2*1-3-7-14-10(5-1)12-9-13(17-16-12)11-6-2-4-8-15-11;3*1-6-7(2)9(4)10(5)8(6)3;12-6-4-5(9-7(13)10-6)11-3-1-2-8-11;;;;;;;;;/h2*1-9H,(H,16,17);3*6-10H,1-5H3;1-4H,(H2,9,10,12,13);3*1H3;;;3*1H2;/q;;;;;;3*-1;;;;;;. The quantitative estimate of drug-likeness (QED) is 0.0933.